The first-order chi connectivity index (χ1) is 7.59. The maximum atomic E-state index is 11.8. The molecule has 2 heterocycles. The van der Waals surface area contributed by atoms with Crippen LogP contribution in [0.5, 0.6) is 0 Å². The van der Waals surface area contributed by atoms with Crippen molar-refractivity contribution in [2.24, 2.45) is 0 Å². The van der Waals surface area contributed by atoms with Crippen LogP contribution in [-0.2, 0) is 10.0 Å². The first-order valence-electron chi connectivity index (χ1n) is 4.33. The zero-order valence-corrected chi connectivity index (χ0v) is 9.64. The van der Waals surface area contributed by atoms with Gasteiger partial charge in [0.25, 0.3) is 15.6 Å². The number of hydrogen-bond acceptors (Lipinski definition) is 4. The fraction of sp³-hybridized carbons (Fsp3) is 0. The summed E-state index contributed by atoms with van der Waals surface area (Å²) >= 11 is 1.25. The summed E-state index contributed by atoms with van der Waals surface area (Å²) in [5.41, 5.74) is -0.633. The molecule has 84 valence electrons. The molecular formula is C9H8N2O3S2. The maximum absolute atomic E-state index is 11.8. The molecule has 0 aromatic carbocycles. The van der Waals surface area contributed by atoms with Gasteiger partial charge in [-0.05, 0) is 29.6 Å². The van der Waals surface area contributed by atoms with Crippen LogP contribution in [0, 0.1) is 0 Å². The summed E-state index contributed by atoms with van der Waals surface area (Å²) < 4.78 is 25.9. The van der Waals surface area contributed by atoms with Gasteiger partial charge < -0.3 is 4.98 Å². The fourth-order valence-corrected chi connectivity index (χ4v) is 3.13. The molecule has 0 aliphatic rings. The van der Waals surface area contributed by atoms with E-state index >= 15 is 0 Å². The summed E-state index contributed by atoms with van der Waals surface area (Å²) in [5.74, 6) is 0. The van der Waals surface area contributed by atoms with Crippen LogP contribution in [0.25, 0.3) is 0 Å². The van der Waals surface area contributed by atoms with Crippen molar-refractivity contribution in [2.75, 3.05) is 4.72 Å². The number of sulfonamides is 1. The van der Waals surface area contributed by atoms with Crippen LogP contribution in [0.4, 0.5) is 5.00 Å². The number of H-pyrrole nitrogens is 1. The number of pyridine rings is 1. The second-order valence-corrected chi connectivity index (χ2v) is 5.54. The molecule has 0 aliphatic heterocycles. The second kappa shape index (κ2) is 4.11. The van der Waals surface area contributed by atoms with Gasteiger partial charge in [0.15, 0.2) is 4.90 Å². The third-order valence-corrected chi connectivity index (χ3v) is 4.13. The molecule has 0 amide bonds. The Hall–Kier alpha value is -1.60. The molecule has 0 bridgehead atoms. The van der Waals surface area contributed by atoms with Crippen molar-refractivity contribution in [1.82, 2.24) is 4.98 Å². The van der Waals surface area contributed by atoms with Gasteiger partial charge in [0.2, 0.25) is 0 Å². The Labute approximate surface area is 95.8 Å². The molecule has 0 fully saturated rings. The van der Waals surface area contributed by atoms with Crippen molar-refractivity contribution in [2.45, 2.75) is 4.90 Å². The van der Waals surface area contributed by atoms with Crippen molar-refractivity contribution in [3.05, 3.63) is 46.2 Å². The Bertz CT molecular complexity index is 629. The van der Waals surface area contributed by atoms with E-state index in [0.29, 0.717) is 5.00 Å². The first-order valence-corrected chi connectivity index (χ1v) is 6.70. The van der Waals surface area contributed by atoms with E-state index in [4.69, 9.17) is 0 Å². The molecule has 5 nitrogen and oxygen atoms in total. The highest BCUT2D eigenvalue weighted by molar-refractivity contribution is 7.93. The predicted octanol–water partition coefficient (Wildman–Crippen LogP) is 1.24. The molecule has 2 aromatic heterocycles. The average molecular weight is 256 g/mol. The summed E-state index contributed by atoms with van der Waals surface area (Å²) in [5, 5.41) is 2.22. The zero-order chi connectivity index (χ0) is 11.6. The first kappa shape index (κ1) is 10.9. The van der Waals surface area contributed by atoms with Crippen molar-refractivity contribution in [1.29, 1.82) is 0 Å². The molecule has 0 saturated carbocycles. The summed E-state index contributed by atoms with van der Waals surface area (Å²) in [6.45, 7) is 0. The van der Waals surface area contributed by atoms with E-state index in [0.717, 1.165) is 0 Å². The Balaban J connectivity index is 2.41. The van der Waals surface area contributed by atoms with Crippen LogP contribution >= 0.6 is 11.3 Å². The summed E-state index contributed by atoms with van der Waals surface area (Å²) in [4.78, 5) is 13.3. The molecular weight excluding hydrogens is 248 g/mol. The Kier molecular flexibility index (Phi) is 2.80. The summed E-state index contributed by atoms with van der Waals surface area (Å²) in [6.07, 6.45) is 1.38. The van der Waals surface area contributed by atoms with Crippen LogP contribution in [0.1, 0.15) is 0 Å². The van der Waals surface area contributed by atoms with Crippen LogP contribution in [0.3, 0.4) is 0 Å². The maximum Gasteiger partial charge on any atom is 0.268 e. The van der Waals surface area contributed by atoms with Crippen LogP contribution in [0.2, 0.25) is 0 Å². The number of anilines is 1. The molecule has 2 N–H and O–H groups in total. The fourth-order valence-electron chi connectivity index (χ4n) is 1.14. The minimum atomic E-state index is -3.80. The van der Waals surface area contributed by atoms with Gasteiger partial charge in [0, 0.05) is 6.20 Å². The molecule has 7 heteroatoms. The molecule has 16 heavy (non-hydrogen) atoms. The standard InChI is InChI=1S/C9H8N2O3S2/c12-9-7(3-1-5-10-9)16(13,14)11-8-4-2-6-15-8/h1-6,11H,(H,10,12). The highest BCUT2D eigenvalue weighted by Gasteiger charge is 2.17. The zero-order valence-electron chi connectivity index (χ0n) is 8.01. The molecule has 0 unspecified atom stereocenters. The number of aromatic amines is 1. The SMILES string of the molecule is O=c1[nH]cccc1S(=O)(=O)Nc1cccs1. The number of thiophene rings is 1. The largest absolute Gasteiger partial charge is 0.328 e. The Morgan fingerprint density at radius 3 is 2.69 bits per heavy atom. The number of aromatic nitrogens is 1. The van der Waals surface area contributed by atoms with Crippen molar-refractivity contribution in [3.63, 3.8) is 0 Å². The molecule has 0 aliphatic carbocycles. The number of nitrogens with one attached hydrogen (secondary N) is 2. The topological polar surface area (TPSA) is 79.0 Å². The number of hydrogen-bond donors (Lipinski definition) is 2. The third kappa shape index (κ3) is 2.15. The molecule has 2 rings (SSSR count). The van der Waals surface area contributed by atoms with E-state index in [-0.39, 0.29) is 4.90 Å². The highest BCUT2D eigenvalue weighted by atomic mass is 32.2. The minimum Gasteiger partial charge on any atom is -0.328 e. The van der Waals surface area contributed by atoms with Crippen molar-refractivity contribution in [3.8, 4) is 0 Å². The van der Waals surface area contributed by atoms with Crippen LogP contribution < -0.4 is 10.3 Å². The van der Waals surface area contributed by atoms with Crippen LogP contribution in [-0.4, -0.2) is 13.4 Å². The average Bonchev–Trinajstić information content (AvgIpc) is 2.70. The minimum absolute atomic E-state index is 0.289. The van der Waals surface area contributed by atoms with Gasteiger partial charge in [-0.2, -0.15) is 0 Å². The molecule has 0 radical (unpaired) electrons. The molecule has 0 atom stereocenters. The van der Waals surface area contributed by atoms with Gasteiger partial charge in [0.05, 0.1) is 0 Å². The Morgan fingerprint density at radius 2 is 2.06 bits per heavy atom. The normalized spacial score (nSPS) is 11.2. The molecule has 0 saturated heterocycles. The Morgan fingerprint density at radius 1 is 1.25 bits per heavy atom. The van der Waals surface area contributed by atoms with E-state index in [9.17, 15) is 13.2 Å². The molecule has 2 aromatic rings. The van der Waals surface area contributed by atoms with Gasteiger partial charge in [-0.15, -0.1) is 11.3 Å². The lowest BCUT2D eigenvalue weighted by Crippen LogP contribution is -2.21. The second-order valence-electron chi connectivity index (χ2n) is 2.95. The van der Waals surface area contributed by atoms with E-state index in [1.165, 1.54) is 29.7 Å². The van der Waals surface area contributed by atoms with E-state index in [1.807, 2.05) is 0 Å². The smallest absolute Gasteiger partial charge is 0.268 e. The lowest BCUT2D eigenvalue weighted by molar-refractivity contribution is 0.600. The van der Waals surface area contributed by atoms with Gasteiger partial charge in [-0.25, -0.2) is 8.42 Å². The van der Waals surface area contributed by atoms with Gasteiger partial charge >= 0.3 is 0 Å². The lowest BCUT2D eigenvalue weighted by atomic mass is 10.5. The number of rotatable bonds is 3. The predicted molar refractivity (Wildman–Crippen MR) is 62.2 cm³/mol. The summed E-state index contributed by atoms with van der Waals surface area (Å²) in [6, 6.07) is 6.07. The van der Waals surface area contributed by atoms with Gasteiger partial charge in [-0.3, -0.25) is 9.52 Å². The lowest BCUT2D eigenvalue weighted by Gasteiger charge is -2.03. The van der Waals surface area contributed by atoms with Gasteiger partial charge in [0.1, 0.15) is 5.00 Å². The highest BCUT2D eigenvalue weighted by Crippen LogP contribution is 2.18. The van der Waals surface area contributed by atoms with E-state index < -0.39 is 15.6 Å². The van der Waals surface area contributed by atoms with Crippen LogP contribution in [0.15, 0.2) is 45.5 Å². The summed E-state index contributed by atoms with van der Waals surface area (Å²) in [7, 11) is -3.80. The van der Waals surface area contributed by atoms with Gasteiger partial charge in [-0.1, -0.05) is 0 Å². The van der Waals surface area contributed by atoms with E-state index in [1.54, 1.807) is 17.5 Å². The van der Waals surface area contributed by atoms with E-state index in [2.05, 4.69) is 9.71 Å². The van der Waals surface area contributed by atoms with Crippen molar-refractivity contribution >= 4 is 26.4 Å². The quantitative estimate of drug-likeness (QED) is 0.867. The third-order valence-electron chi connectivity index (χ3n) is 1.83. The van der Waals surface area contributed by atoms with Crippen molar-refractivity contribution < 1.29 is 8.42 Å². The monoisotopic (exact) mass is 256 g/mol. The molecule has 0 spiro atoms.